The predicted octanol–water partition coefficient (Wildman–Crippen LogP) is 22.6. The van der Waals surface area contributed by atoms with Gasteiger partial charge in [-0.3, -0.25) is 37.3 Å². The van der Waals surface area contributed by atoms with Gasteiger partial charge < -0.3 is 33.8 Å². The third-order valence-corrected chi connectivity index (χ3v) is 18.1. The molecule has 100 heavy (non-hydrogen) atoms. The number of phosphoric ester groups is 2. The molecule has 0 saturated carbocycles. The van der Waals surface area contributed by atoms with Gasteiger partial charge in [0, 0.05) is 25.7 Å². The maximum Gasteiger partial charge on any atom is 0.472 e. The van der Waals surface area contributed by atoms with Crippen LogP contribution in [-0.2, 0) is 65.4 Å². The largest absolute Gasteiger partial charge is 0.472 e. The molecule has 2 unspecified atom stereocenters. The van der Waals surface area contributed by atoms with E-state index in [0.29, 0.717) is 32.1 Å². The molecule has 0 radical (unpaired) electrons. The Hall–Kier alpha value is -4.28. The summed E-state index contributed by atoms with van der Waals surface area (Å²) >= 11 is 0. The van der Waals surface area contributed by atoms with E-state index in [1.54, 1.807) is 0 Å². The zero-order valence-electron chi connectivity index (χ0n) is 62.8. The van der Waals surface area contributed by atoms with Crippen LogP contribution >= 0.6 is 15.6 Å². The number of phosphoric acid groups is 2. The summed E-state index contributed by atoms with van der Waals surface area (Å²) in [7, 11) is -9.98. The van der Waals surface area contributed by atoms with Crippen molar-refractivity contribution in [3.8, 4) is 0 Å². The van der Waals surface area contributed by atoms with Gasteiger partial charge in [0.15, 0.2) is 12.2 Å². The molecule has 0 heterocycles. The van der Waals surface area contributed by atoms with E-state index in [0.717, 1.165) is 148 Å². The topological polar surface area (TPSA) is 237 Å². The number of aliphatic hydroxyl groups excluding tert-OH is 1. The minimum absolute atomic E-state index is 0.0328. The first-order chi connectivity index (χ1) is 48.7. The number of hydrogen-bond acceptors (Lipinski definition) is 15. The van der Waals surface area contributed by atoms with Crippen LogP contribution in [0.2, 0.25) is 0 Å². The van der Waals surface area contributed by atoms with Crippen LogP contribution in [0.5, 0.6) is 0 Å². The summed E-state index contributed by atoms with van der Waals surface area (Å²) in [6.07, 6.45) is 78.0. The van der Waals surface area contributed by atoms with Gasteiger partial charge in [-0.15, -0.1) is 0 Å². The lowest BCUT2D eigenvalue weighted by atomic mass is 10.1. The molecule has 0 aromatic carbocycles. The standard InChI is InChI=1S/C81H140O17P2/c1-5-9-13-17-21-25-29-33-35-36-37-38-40-44-48-52-56-60-64-68-81(86)98-77(72-92-79(84)66-62-58-54-50-46-42-32-28-24-20-16-12-8-4)74-96-100(89,90)94-70-75(82)69-93-99(87,88)95-73-76(71-91-78(83)65-61-57-53-49-45-41-31-27-23-19-15-11-7-3)97-80(85)67-63-59-55-51-47-43-39-34-30-26-22-18-14-10-6-2/h9,13,21,25,27-28,31-35,37-39,44,48,56,60,75-77,82H,5-8,10-12,14-20,22-24,26,29-30,36,40-43,45-47,49-55,57-59,61-74H2,1-4H3,(H,87,88)(H,89,90)/b13-9-,25-21-,31-27-,32-28-,35-33-,38-37-,39-34-,48-44-,60-56-/t75-,76+,77+/m0/s1. The zero-order valence-corrected chi connectivity index (χ0v) is 64.6. The molecule has 0 fully saturated rings. The molecule has 0 amide bonds. The lowest BCUT2D eigenvalue weighted by molar-refractivity contribution is -0.161. The number of carbonyl (C=O) groups excluding carboxylic acids is 4. The maximum atomic E-state index is 13.1. The van der Waals surface area contributed by atoms with Crippen molar-refractivity contribution in [2.24, 2.45) is 0 Å². The van der Waals surface area contributed by atoms with Crippen molar-refractivity contribution in [2.45, 2.75) is 341 Å². The van der Waals surface area contributed by atoms with Crippen LogP contribution in [0.3, 0.4) is 0 Å². The Morgan fingerprint density at radius 1 is 0.290 bits per heavy atom. The van der Waals surface area contributed by atoms with Crippen LogP contribution in [0.1, 0.15) is 323 Å². The van der Waals surface area contributed by atoms with Crippen molar-refractivity contribution in [2.75, 3.05) is 39.6 Å². The summed E-state index contributed by atoms with van der Waals surface area (Å²) < 4.78 is 68.4. The Bertz CT molecular complexity index is 2320. The average molecular weight is 1450 g/mol. The lowest BCUT2D eigenvalue weighted by Crippen LogP contribution is -2.30. The van der Waals surface area contributed by atoms with Gasteiger partial charge in [-0.2, -0.15) is 0 Å². The Labute approximate surface area is 607 Å². The van der Waals surface area contributed by atoms with E-state index >= 15 is 0 Å². The molecular weight excluding hydrogens is 1310 g/mol. The second kappa shape index (κ2) is 73.0. The fraction of sp³-hybridized carbons (Fsp3) is 0.728. The summed E-state index contributed by atoms with van der Waals surface area (Å²) in [6.45, 7) is 4.63. The van der Waals surface area contributed by atoms with E-state index in [-0.39, 0.29) is 25.7 Å². The van der Waals surface area contributed by atoms with Gasteiger partial charge >= 0.3 is 39.5 Å². The second-order valence-electron chi connectivity index (χ2n) is 25.9. The number of ether oxygens (including phenoxy) is 4. The van der Waals surface area contributed by atoms with Crippen molar-refractivity contribution >= 4 is 39.5 Å². The van der Waals surface area contributed by atoms with Gasteiger partial charge in [0.1, 0.15) is 19.3 Å². The minimum Gasteiger partial charge on any atom is -0.462 e. The van der Waals surface area contributed by atoms with Gasteiger partial charge in [-0.25, -0.2) is 9.13 Å². The van der Waals surface area contributed by atoms with Crippen LogP contribution in [0.15, 0.2) is 109 Å². The number of allylic oxidation sites excluding steroid dienone is 18. The van der Waals surface area contributed by atoms with Gasteiger partial charge in [0.05, 0.1) is 26.4 Å². The number of rotatable bonds is 73. The number of carbonyl (C=O) groups is 4. The summed E-state index contributed by atoms with van der Waals surface area (Å²) in [5.74, 6) is -2.29. The Kier molecular flexibility index (Phi) is 69.9. The van der Waals surface area contributed by atoms with Crippen LogP contribution in [0, 0.1) is 0 Å². The first kappa shape index (κ1) is 95.7. The molecule has 0 aromatic heterocycles. The summed E-state index contributed by atoms with van der Waals surface area (Å²) in [6, 6.07) is 0. The fourth-order valence-corrected chi connectivity index (χ4v) is 11.8. The Morgan fingerprint density at radius 3 is 0.870 bits per heavy atom. The summed E-state index contributed by atoms with van der Waals surface area (Å²) in [5, 5.41) is 10.6. The van der Waals surface area contributed by atoms with Gasteiger partial charge in [-0.05, 0) is 141 Å². The molecule has 0 bridgehead atoms. The third-order valence-electron chi connectivity index (χ3n) is 16.2. The van der Waals surface area contributed by atoms with Crippen LogP contribution in [-0.4, -0.2) is 96.7 Å². The minimum atomic E-state index is -5.00. The molecule has 3 N–H and O–H groups in total. The average Bonchev–Trinajstić information content (AvgIpc) is 1.01. The third kappa shape index (κ3) is 72.1. The first-order valence-corrected chi connectivity index (χ1v) is 42.1. The zero-order chi connectivity index (χ0) is 73.2. The number of esters is 4. The fourth-order valence-electron chi connectivity index (χ4n) is 10.2. The van der Waals surface area contributed by atoms with Crippen LogP contribution in [0.4, 0.5) is 0 Å². The smallest absolute Gasteiger partial charge is 0.462 e. The van der Waals surface area contributed by atoms with Gasteiger partial charge in [0.2, 0.25) is 0 Å². The van der Waals surface area contributed by atoms with E-state index < -0.39 is 97.5 Å². The van der Waals surface area contributed by atoms with Crippen molar-refractivity contribution < 1.29 is 80.2 Å². The first-order valence-electron chi connectivity index (χ1n) is 39.1. The number of hydrogen-bond donors (Lipinski definition) is 3. The molecule has 0 aromatic rings. The van der Waals surface area contributed by atoms with Crippen LogP contribution < -0.4 is 0 Å². The van der Waals surface area contributed by atoms with Crippen LogP contribution in [0.25, 0.3) is 0 Å². The van der Waals surface area contributed by atoms with Crippen molar-refractivity contribution in [3.05, 3.63) is 109 Å². The molecule has 17 nitrogen and oxygen atoms in total. The highest BCUT2D eigenvalue weighted by Crippen LogP contribution is 2.45. The molecule has 0 spiro atoms. The van der Waals surface area contributed by atoms with E-state index in [1.165, 1.54) is 89.9 Å². The van der Waals surface area contributed by atoms with Crippen molar-refractivity contribution in [1.82, 2.24) is 0 Å². The Morgan fingerprint density at radius 2 is 0.540 bits per heavy atom. The van der Waals surface area contributed by atoms with Crippen molar-refractivity contribution in [3.63, 3.8) is 0 Å². The Balaban J connectivity index is 5.43. The quantitative estimate of drug-likeness (QED) is 0.0169. The van der Waals surface area contributed by atoms with E-state index in [2.05, 4.69) is 119 Å². The van der Waals surface area contributed by atoms with E-state index in [9.17, 15) is 43.2 Å². The summed E-state index contributed by atoms with van der Waals surface area (Å²) in [4.78, 5) is 72.9. The highest BCUT2D eigenvalue weighted by molar-refractivity contribution is 7.47. The van der Waals surface area contributed by atoms with Gasteiger partial charge in [0.25, 0.3) is 0 Å². The SMILES string of the molecule is CC/C=C\C/C=C\C/C=C\C/C=C\C/C=C\C/C=C\CCC(=O)O[C@H](COC(=O)CCCCCCC/C=C\CCCCCC)COP(=O)(O)OC[C@@H](O)COP(=O)(O)OC[C@@H](COC(=O)CCCCCCC/C=C\CCCCCC)OC(=O)CCCCCCC/C=C\CCCCCCCC. The monoisotopic (exact) mass is 1450 g/mol. The second-order valence-corrected chi connectivity index (χ2v) is 28.8. The molecular formula is C81H140O17P2. The maximum absolute atomic E-state index is 13.1. The molecule has 5 atom stereocenters. The molecule has 0 rings (SSSR count). The highest BCUT2D eigenvalue weighted by Gasteiger charge is 2.30. The van der Waals surface area contributed by atoms with E-state index in [1.807, 2.05) is 18.2 Å². The van der Waals surface area contributed by atoms with E-state index in [4.69, 9.17) is 37.0 Å². The molecule has 0 aliphatic rings. The van der Waals surface area contributed by atoms with Gasteiger partial charge in [-0.1, -0.05) is 265 Å². The van der Waals surface area contributed by atoms with Crippen molar-refractivity contribution in [1.29, 1.82) is 0 Å². The molecule has 0 saturated heterocycles. The summed E-state index contributed by atoms with van der Waals surface area (Å²) in [5.41, 5.74) is 0. The molecule has 0 aliphatic carbocycles. The predicted molar refractivity (Wildman–Crippen MR) is 408 cm³/mol. The lowest BCUT2D eigenvalue weighted by Gasteiger charge is -2.21. The number of aliphatic hydroxyl groups is 1. The molecule has 576 valence electrons. The molecule has 0 aliphatic heterocycles. The number of unbranched alkanes of at least 4 members (excludes halogenated alkanes) is 29. The molecule has 19 heteroatoms. The highest BCUT2D eigenvalue weighted by atomic mass is 31.2. The normalized spacial score (nSPS) is 14.5.